The second kappa shape index (κ2) is 5.89. The van der Waals surface area contributed by atoms with E-state index in [1.165, 1.54) is 0 Å². The highest BCUT2D eigenvalue weighted by Gasteiger charge is 2.37. The Morgan fingerprint density at radius 1 is 1.38 bits per heavy atom. The number of pyridine rings is 1. The molecule has 1 amide bonds. The maximum Gasteiger partial charge on any atom is 0.256 e. The van der Waals surface area contributed by atoms with E-state index < -0.39 is 8.32 Å². The second-order valence-electron chi connectivity index (χ2n) is 7.22. The highest BCUT2D eigenvalue weighted by molar-refractivity contribution is 6.74. The van der Waals surface area contributed by atoms with Crippen LogP contribution in [0.2, 0.25) is 18.1 Å². The molecule has 1 aliphatic rings. The van der Waals surface area contributed by atoms with Crippen molar-refractivity contribution in [1.82, 2.24) is 9.88 Å². The molecule has 21 heavy (non-hydrogen) atoms. The summed E-state index contributed by atoms with van der Waals surface area (Å²) in [5.41, 5.74) is 1.84. The van der Waals surface area contributed by atoms with Crippen molar-refractivity contribution in [3.8, 4) is 0 Å². The lowest BCUT2D eigenvalue weighted by atomic mass is 10.2. The van der Waals surface area contributed by atoms with Gasteiger partial charge in [0.05, 0.1) is 5.56 Å². The van der Waals surface area contributed by atoms with Crippen LogP contribution in [0.15, 0.2) is 18.5 Å². The SMILES string of the molecule is CC(C)(C)[Si](C)(C)OCCCN1Cc2ccncc2C1=O. The molecule has 2 heterocycles. The van der Waals surface area contributed by atoms with Crippen molar-refractivity contribution in [1.29, 1.82) is 0 Å². The van der Waals surface area contributed by atoms with Crippen LogP contribution < -0.4 is 0 Å². The highest BCUT2D eigenvalue weighted by Crippen LogP contribution is 2.36. The number of hydrogen-bond acceptors (Lipinski definition) is 3. The number of rotatable bonds is 5. The Balaban J connectivity index is 1.80. The summed E-state index contributed by atoms with van der Waals surface area (Å²) in [5, 5.41) is 0.234. The van der Waals surface area contributed by atoms with Crippen molar-refractivity contribution in [2.75, 3.05) is 13.2 Å². The van der Waals surface area contributed by atoms with Crippen LogP contribution in [0.1, 0.15) is 43.1 Å². The number of carbonyl (C=O) groups excluding carboxylic acids is 1. The minimum atomic E-state index is -1.68. The quantitative estimate of drug-likeness (QED) is 0.618. The molecule has 0 aromatic carbocycles. The number of fused-ring (bicyclic) bond motifs is 1. The Morgan fingerprint density at radius 2 is 2.10 bits per heavy atom. The molecule has 0 radical (unpaired) electrons. The largest absolute Gasteiger partial charge is 0.417 e. The van der Waals surface area contributed by atoms with E-state index in [0.29, 0.717) is 6.54 Å². The Hall–Kier alpha value is -1.20. The van der Waals surface area contributed by atoms with Gasteiger partial charge >= 0.3 is 0 Å². The van der Waals surface area contributed by atoms with Gasteiger partial charge < -0.3 is 9.33 Å². The summed E-state index contributed by atoms with van der Waals surface area (Å²) < 4.78 is 6.15. The second-order valence-corrected chi connectivity index (χ2v) is 12.0. The molecule has 0 aliphatic carbocycles. The van der Waals surface area contributed by atoms with Crippen molar-refractivity contribution in [3.63, 3.8) is 0 Å². The third-order valence-electron chi connectivity index (χ3n) is 4.63. The minimum Gasteiger partial charge on any atom is -0.417 e. The van der Waals surface area contributed by atoms with Gasteiger partial charge in [0, 0.05) is 32.1 Å². The zero-order valence-electron chi connectivity index (χ0n) is 13.8. The van der Waals surface area contributed by atoms with Gasteiger partial charge in [-0.3, -0.25) is 9.78 Å². The van der Waals surface area contributed by atoms with E-state index in [4.69, 9.17) is 4.43 Å². The number of aromatic nitrogens is 1. The van der Waals surface area contributed by atoms with Gasteiger partial charge in [0.1, 0.15) is 0 Å². The van der Waals surface area contributed by atoms with Crippen LogP contribution in [0, 0.1) is 0 Å². The van der Waals surface area contributed by atoms with Gasteiger partial charge in [-0.15, -0.1) is 0 Å². The molecule has 0 saturated heterocycles. The first-order chi connectivity index (χ1) is 9.72. The van der Waals surface area contributed by atoms with Gasteiger partial charge in [-0.1, -0.05) is 20.8 Å². The van der Waals surface area contributed by atoms with Gasteiger partial charge in [0.25, 0.3) is 5.91 Å². The van der Waals surface area contributed by atoms with Crippen LogP contribution in [-0.2, 0) is 11.0 Å². The van der Waals surface area contributed by atoms with Crippen molar-refractivity contribution < 1.29 is 9.22 Å². The Bertz CT molecular complexity index is 523. The zero-order chi connectivity index (χ0) is 15.7. The van der Waals surface area contributed by atoms with E-state index in [0.717, 1.165) is 30.7 Å². The van der Waals surface area contributed by atoms with Crippen LogP contribution in [0.5, 0.6) is 0 Å². The zero-order valence-corrected chi connectivity index (χ0v) is 14.8. The van der Waals surface area contributed by atoms with E-state index in [2.05, 4.69) is 38.8 Å². The number of amides is 1. The van der Waals surface area contributed by atoms with E-state index in [1.807, 2.05) is 11.0 Å². The number of nitrogens with zero attached hydrogens (tertiary/aromatic N) is 2. The van der Waals surface area contributed by atoms with Gasteiger partial charge in [0.15, 0.2) is 8.32 Å². The molecule has 1 aromatic heterocycles. The predicted octanol–water partition coefficient (Wildman–Crippen LogP) is 3.45. The van der Waals surface area contributed by atoms with E-state index in [-0.39, 0.29) is 10.9 Å². The van der Waals surface area contributed by atoms with Crippen molar-refractivity contribution >= 4 is 14.2 Å². The van der Waals surface area contributed by atoms with E-state index >= 15 is 0 Å². The normalized spacial score (nSPS) is 15.5. The predicted molar refractivity (Wildman–Crippen MR) is 86.7 cm³/mol. The fourth-order valence-electron chi connectivity index (χ4n) is 2.18. The number of hydrogen-bond donors (Lipinski definition) is 0. The summed E-state index contributed by atoms with van der Waals surface area (Å²) in [6, 6.07) is 1.93. The lowest BCUT2D eigenvalue weighted by molar-refractivity contribution is 0.0769. The third kappa shape index (κ3) is 3.52. The summed E-state index contributed by atoms with van der Waals surface area (Å²) in [5.74, 6) is 0.102. The number of carbonyl (C=O) groups is 1. The van der Waals surface area contributed by atoms with Gasteiger partial charge in [-0.25, -0.2) is 0 Å². The van der Waals surface area contributed by atoms with Crippen LogP contribution >= 0.6 is 0 Å². The molecule has 0 unspecified atom stereocenters. The van der Waals surface area contributed by atoms with Crippen LogP contribution in [0.25, 0.3) is 0 Å². The molecule has 0 spiro atoms. The molecular weight excluding hydrogens is 280 g/mol. The van der Waals surface area contributed by atoms with Crippen molar-refractivity contribution in [2.24, 2.45) is 0 Å². The molecule has 4 nitrogen and oxygen atoms in total. The standard InChI is InChI=1S/C16H26N2O2Si/c1-16(2,3)21(4,5)20-10-6-9-18-12-13-7-8-17-11-14(13)15(18)19/h7-8,11H,6,9-10,12H2,1-5H3. The van der Waals surface area contributed by atoms with E-state index in [9.17, 15) is 4.79 Å². The minimum absolute atomic E-state index is 0.102. The molecule has 1 aromatic rings. The fourth-order valence-corrected chi connectivity index (χ4v) is 3.27. The molecule has 0 N–H and O–H groups in total. The third-order valence-corrected chi connectivity index (χ3v) is 9.17. The first-order valence-corrected chi connectivity index (χ1v) is 10.5. The van der Waals surface area contributed by atoms with Crippen LogP contribution in [0.3, 0.4) is 0 Å². The summed E-state index contributed by atoms with van der Waals surface area (Å²) in [7, 11) is -1.68. The topological polar surface area (TPSA) is 42.4 Å². The van der Waals surface area contributed by atoms with Crippen LogP contribution in [0.4, 0.5) is 0 Å². The van der Waals surface area contributed by atoms with Gasteiger partial charge in [0.2, 0.25) is 0 Å². The molecule has 0 saturated carbocycles. The first kappa shape index (κ1) is 16.2. The van der Waals surface area contributed by atoms with Crippen molar-refractivity contribution in [2.45, 2.75) is 51.9 Å². The molecule has 1 aliphatic heterocycles. The Labute approximate surface area is 128 Å². The molecule has 2 rings (SSSR count). The lowest BCUT2D eigenvalue weighted by Crippen LogP contribution is -2.41. The van der Waals surface area contributed by atoms with Crippen LogP contribution in [-0.4, -0.2) is 37.3 Å². The van der Waals surface area contributed by atoms with E-state index in [1.54, 1.807) is 12.4 Å². The molecule has 0 bridgehead atoms. The molecule has 0 atom stereocenters. The Morgan fingerprint density at radius 3 is 2.71 bits per heavy atom. The smallest absolute Gasteiger partial charge is 0.256 e. The maximum atomic E-state index is 12.2. The average Bonchev–Trinajstić information content (AvgIpc) is 2.71. The van der Waals surface area contributed by atoms with Crippen molar-refractivity contribution in [3.05, 3.63) is 29.6 Å². The lowest BCUT2D eigenvalue weighted by Gasteiger charge is -2.36. The molecule has 0 fully saturated rings. The fraction of sp³-hybridized carbons (Fsp3) is 0.625. The molecule has 5 heteroatoms. The maximum absolute atomic E-state index is 12.2. The first-order valence-electron chi connectivity index (χ1n) is 7.58. The summed E-state index contributed by atoms with van der Waals surface area (Å²) in [4.78, 5) is 18.1. The monoisotopic (exact) mass is 306 g/mol. The Kier molecular flexibility index (Phi) is 4.53. The summed E-state index contributed by atoms with van der Waals surface area (Å²) >= 11 is 0. The van der Waals surface area contributed by atoms with Gasteiger partial charge in [-0.05, 0) is 36.2 Å². The average molecular weight is 306 g/mol. The highest BCUT2D eigenvalue weighted by atomic mass is 28.4. The summed E-state index contributed by atoms with van der Waals surface area (Å²) in [6.07, 6.45) is 4.31. The molecule has 116 valence electrons. The van der Waals surface area contributed by atoms with Gasteiger partial charge in [-0.2, -0.15) is 0 Å². The summed E-state index contributed by atoms with van der Waals surface area (Å²) in [6.45, 7) is 13.4. The molecular formula is C16H26N2O2Si.